The molecule has 0 saturated carbocycles. The first-order chi connectivity index (χ1) is 8.15. The van der Waals surface area contributed by atoms with Crippen LogP contribution in [-0.4, -0.2) is 25.4 Å². The standard InChI is InChI=1S/C13H18BrNO2/c1-9(15)6-10-2-3-13(12(14)7-10)17-11-4-5-16-8-11/h2-3,7,9,11H,4-6,8,15H2,1H3. The van der Waals surface area contributed by atoms with Crippen molar-refractivity contribution in [2.45, 2.75) is 31.9 Å². The second-order valence-electron chi connectivity index (χ2n) is 4.55. The zero-order valence-corrected chi connectivity index (χ0v) is 11.6. The number of nitrogens with two attached hydrogens (primary N) is 1. The van der Waals surface area contributed by atoms with Crippen LogP contribution in [0.25, 0.3) is 0 Å². The average molecular weight is 300 g/mol. The summed E-state index contributed by atoms with van der Waals surface area (Å²) in [4.78, 5) is 0. The molecule has 1 aromatic rings. The van der Waals surface area contributed by atoms with Crippen molar-refractivity contribution in [1.82, 2.24) is 0 Å². The topological polar surface area (TPSA) is 44.5 Å². The highest BCUT2D eigenvalue weighted by molar-refractivity contribution is 9.10. The van der Waals surface area contributed by atoms with Gasteiger partial charge in [0.1, 0.15) is 11.9 Å². The van der Waals surface area contributed by atoms with E-state index in [2.05, 4.69) is 28.1 Å². The smallest absolute Gasteiger partial charge is 0.134 e. The summed E-state index contributed by atoms with van der Waals surface area (Å²) in [6.07, 6.45) is 2.03. The third-order valence-electron chi connectivity index (χ3n) is 2.74. The third kappa shape index (κ3) is 3.69. The van der Waals surface area contributed by atoms with E-state index in [-0.39, 0.29) is 12.1 Å². The van der Waals surface area contributed by atoms with Crippen LogP contribution in [0.4, 0.5) is 0 Å². The highest BCUT2D eigenvalue weighted by Gasteiger charge is 2.18. The molecule has 3 nitrogen and oxygen atoms in total. The molecule has 0 aromatic heterocycles. The Kier molecular flexibility index (Phi) is 4.42. The molecule has 1 aliphatic rings. The van der Waals surface area contributed by atoms with E-state index >= 15 is 0 Å². The molecule has 0 aliphatic carbocycles. The Morgan fingerprint density at radius 3 is 3.00 bits per heavy atom. The minimum Gasteiger partial charge on any atom is -0.487 e. The van der Waals surface area contributed by atoms with Crippen molar-refractivity contribution in [3.05, 3.63) is 28.2 Å². The maximum atomic E-state index is 5.86. The van der Waals surface area contributed by atoms with Crippen molar-refractivity contribution >= 4 is 15.9 Å². The lowest BCUT2D eigenvalue weighted by atomic mass is 10.1. The van der Waals surface area contributed by atoms with Gasteiger partial charge in [-0.2, -0.15) is 0 Å². The number of hydrogen-bond donors (Lipinski definition) is 1. The molecule has 17 heavy (non-hydrogen) atoms. The van der Waals surface area contributed by atoms with Crippen LogP contribution in [0.3, 0.4) is 0 Å². The van der Waals surface area contributed by atoms with Crippen LogP contribution in [0.2, 0.25) is 0 Å². The van der Waals surface area contributed by atoms with Crippen LogP contribution < -0.4 is 10.5 Å². The molecule has 2 atom stereocenters. The summed E-state index contributed by atoms with van der Waals surface area (Å²) in [7, 11) is 0. The molecule has 2 unspecified atom stereocenters. The first-order valence-electron chi connectivity index (χ1n) is 5.93. The molecule has 2 rings (SSSR count). The zero-order chi connectivity index (χ0) is 12.3. The van der Waals surface area contributed by atoms with Gasteiger partial charge in [0.2, 0.25) is 0 Å². The lowest BCUT2D eigenvalue weighted by molar-refractivity contribution is 0.141. The van der Waals surface area contributed by atoms with Crippen LogP contribution in [-0.2, 0) is 11.2 Å². The van der Waals surface area contributed by atoms with Gasteiger partial charge in [-0.05, 0) is 47.0 Å². The fourth-order valence-corrected chi connectivity index (χ4v) is 2.44. The molecule has 1 aromatic carbocycles. The number of benzene rings is 1. The normalized spacial score (nSPS) is 21.5. The van der Waals surface area contributed by atoms with Crippen molar-refractivity contribution < 1.29 is 9.47 Å². The van der Waals surface area contributed by atoms with E-state index in [0.29, 0.717) is 6.61 Å². The van der Waals surface area contributed by atoms with E-state index < -0.39 is 0 Å². The molecule has 4 heteroatoms. The minimum absolute atomic E-state index is 0.178. The molecule has 1 aliphatic heterocycles. The van der Waals surface area contributed by atoms with Crippen LogP contribution in [0.1, 0.15) is 18.9 Å². The quantitative estimate of drug-likeness (QED) is 0.929. The van der Waals surface area contributed by atoms with E-state index in [1.807, 2.05) is 13.0 Å². The Labute approximate surface area is 110 Å². The molecule has 1 fully saturated rings. The van der Waals surface area contributed by atoms with Crippen LogP contribution >= 0.6 is 15.9 Å². The summed E-state index contributed by atoms with van der Waals surface area (Å²) < 4.78 is 12.1. The molecule has 2 N–H and O–H groups in total. The largest absolute Gasteiger partial charge is 0.487 e. The van der Waals surface area contributed by atoms with Gasteiger partial charge in [-0.3, -0.25) is 0 Å². The van der Waals surface area contributed by atoms with Crippen molar-refractivity contribution in [2.75, 3.05) is 13.2 Å². The predicted octanol–water partition coefficient (Wildman–Crippen LogP) is 2.51. The van der Waals surface area contributed by atoms with Crippen molar-refractivity contribution in [3.63, 3.8) is 0 Å². The lowest BCUT2D eigenvalue weighted by Crippen LogP contribution is -2.18. The number of halogens is 1. The van der Waals surface area contributed by atoms with E-state index in [1.165, 1.54) is 5.56 Å². The molecule has 1 heterocycles. The van der Waals surface area contributed by atoms with Gasteiger partial charge in [0.25, 0.3) is 0 Å². The van der Waals surface area contributed by atoms with Crippen LogP contribution in [0.15, 0.2) is 22.7 Å². The van der Waals surface area contributed by atoms with Gasteiger partial charge in [-0.1, -0.05) is 6.07 Å². The molecule has 0 amide bonds. The second-order valence-corrected chi connectivity index (χ2v) is 5.40. The first kappa shape index (κ1) is 12.9. The molecule has 0 spiro atoms. The van der Waals surface area contributed by atoms with Crippen molar-refractivity contribution in [1.29, 1.82) is 0 Å². The number of hydrogen-bond acceptors (Lipinski definition) is 3. The summed E-state index contributed by atoms with van der Waals surface area (Å²) in [6.45, 7) is 3.49. The average Bonchev–Trinajstić information content (AvgIpc) is 2.74. The summed E-state index contributed by atoms with van der Waals surface area (Å²) in [6, 6.07) is 6.32. The molecular weight excluding hydrogens is 282 g/mol. The van der Waals surface area contributed by atoms with E-state index in [0.717, 1.165) is 29.7 Å². The molecule has 0 radical (unpaired) electrons. The van der Waals surface area contributed by atoms with E-state index in [9.17, 15) is 0 Å². The maximum Gasteiger partial charge on any atom is 0.134 e. The summed E-state index contributed by atoms with van der Waals surface area (Å²) >= 11 is 3.54. The number of ether oxygens (including phenoxy) is 2. The SMILES string of the molecule is CC(N)Cc1ccc(OC2CCOC2)c(Br)c1. The monoisotopic (exact) mass is 299 g/mol. The van der Waals surface area contributed by atoms with Gasteiger partial charge in [-0.25, -0.2) is 0 Å². The van der Waals surface area contributed by atoms with Crippen LogP contribution in [0.5, 0.6) is 5.75 Å². The lowest BCUT2D eigenvalue weighted by Gasteiger charge is -2.14. The highest BCUT2D eigenvalue weighted by Crippen LogP contribution is 2.28. The maximum absolute atomic E-state index is 5.86. The second kappa shape index (κ2) is 5.85. The van der Waals surface area contributed by atoms with E-state index in [4.69, 9.17) is 15.2 Å². The van der Waals surface area contributed by atoms with Gasteiger partial charge in [0.15, 0.2) is 0 Å². The fourth-order valence-electron chi connectivity index (χ4n) is 1.92. The molecular formula is C13H18BrNO2. The predicted molar refractivity (Wildman–Crippen MR) is 71.3 cm³/mol. The Balaban J connectivity index is 2.03. The van der Waals surface area contributed by atoms with Crippen LogP contribution in [0, 0.1) is 0 Å². The first-order valence-corrected chi connectivity index (χ1v) is 6.73. The highest BCUT2D eigenvalue weighted by atomic mass is 79.9. The Morgan fingerprint density at radius 1 is 1.59 bits per heavy atom. The van der Waals surface area contributed by atoms with Gasteiger partial charge >= 0.3 is 0 Å². The van der Waals surface area contributed by atoms with Crippen molar-refractivity contribution in [3.8, 4) is 5.75 Å². The Bertz CT molecular complexity index is 376. The summed E-state index contributed by atoms with van der Waals surface area (Å²) in [5.41, 5.74) is 7.01. The van der Waals surface area contributed by atoms with Crippen molar-refractivity contribution in [2.24, 2.45) is 5.73 Å². The summed E-state index contributed by atoms with van der Waals surface area (Å²) in [5, 5.41) is 0. The molecule has 1 saturated heterocycles. The van der Waals surface area contributed by atoms with Gasteiger partial charge in [0, 0.05) is 12.5 Å². The Hall–Kier alpha value is -0.580. The zero-order valence-electron chi connectivity index (χ0n) is 9.99. The summed E-state index contributed by atoms with van der Waals surface area (Å²) in [5.74, 6) is 0.883. The Morgan fingerprint density at radius 2 is 2.41 bits per heavy atom. The number of rotatable bonds is 4. The minimum atomic E-state index is 0.178. The van der Waals surface area contributed by atoms with Gasteiger partial charge in [0.05, 0.1) is 17.7 Å². The molecule has 0 bridgehead atoms. The van der Waals surface area contributed by atoms with E-state index in [1.54, 1.807) is 0 Å². The fraction of sp³-hybridized carbons (Fsp3) is 0.538. The molecule has 94 valence electrons. The van der Waals surface area contributed by atoms with Gasteiger partial charge < -0.3 is 15.2 Å². The van der Waals surface area contributed by atoms with Gasteiger partial charge in [-0.15, -0.1) is 0 Å². The third-order valence-corrected chi connectivity index (χ3v) is 3.36.